The Balaban J connectivity index is 1.75. The molecule has 4 unspecified atom stereocenters. The third-order valence-electron chi connectivity index (χ3n) is 5.29. The molecule has 2 heterocycles. The molecule has 168 valence electrons. The largest absolute Gasteiger partial charge is 0.394 e. The molecule has 1 saturated heterocycles. The second-order valence-corrected chi connectivity index (χ2v) is 9.01. The monoisotopic (exact) mass is 459 g/mol. The predicted molar refractivity (Wildman–Crippen MR) is 114 cm³/mol. The minimum Gasteiger partial charge on any atom is -0.394 e. The van der Waals surface area contributed by atoms with Crippen LogP contribution in [0.4, 0.5) is 0 Å². The first-order valence-corrected chi connectivity index (χ1v) is 11.2. The predicted octanol–water partition coefficient (Wildman–Crippen LogP) is -0.929. The fourth-order valence-electron chi connectivity index (χ4n) is 3.55. The first kappa shape index (κ1) is 22.4. The van der Waals surface area contributed by atoms with E-state index in [1.807, 2.05) is 0 Å². The normalized spacial score (nSPS) is 26.0. The molecular formula is C21H21N3O7S. The van der Waals surface area contributed by atoms with E-state index in [-0.39, 0.29) is 4.90 Å². The molecule has 0 amide bonds. The number of nitrogens with zero attached hydrogens (tertiary/aromatic N) is 1. The van der Waals surface area contributed by atoms with Crippen LogP contribution in [0.15, 0.2) is 47.5 Å². The topological polar surface area (TPSA) is 179 Å². The van der Waals surface area contributed by atoms with E-state index < -0.39 is 47.2 Å². The number of fused-ring (bicyclic) bond motifs is 1. The summed E-state index contributed by atoms with van der Waals surface area (Å²) in [6.07, 6.45) is -5.11. The van der Waals surface area contributed by atoms with E-state index in [9.17, 15) is 28.8 Å². The number of aromatic amines is 1. The van der Waals surface area contributed by atoms with E-state index in [1.54, 1.807) is 30.5 Å². The van der Waals surface area contributed by atoms with E-state index in [2.05, 4.69) is 22.0 Å². The van der Waals surface area contributed by atoms with Crippen molar-refractivity contribution in [2.75, 3.05) is 6.61 Å². The Morgan fingerprint density at radius 2 is 1.88 bits per heavy atom. The molecule has 0 radical (unpaired) electrons. The van der Waals surface area contributed by atoms with Crippen LogP contribution in [0.5, 0.6) is 0 Å². The van der Waals surface area contributed by atoms with Gasteiger partial charge in [-0.2, -0.15) is 5.10 Å². The summed E-state index contributed by atoms with van der Waals surface area (Å²) in [5, 5.41) is 52.2. The summed E-state index contributed by atoms with van der Waals surface area (Å²) in [5.41, 5.74) is 2.33. The van der Waals surface area contributed by atoms with Crippen LogP contribution in [0, 0.1) is 11.8 Å². The molecule has 0 aliphatic carbocycles. The lowest BCUT2D eigenvalue weighted by atomic mass is 9.95. The second-order valence-electron chi connectivity index (χ2n) is 7.45. The number of rotatable bonds is 3. The smallest absolute Gasteiger partial charge is 0.238 e. The quantitative estimate of drug-likeness (QED) is 0.272. The van der Waals surface area contributed by atoms with Gasteiger partial charge >= 0.3 is 0 Å². The SMILES string of the molecule is NS(=O)(=O)c1cccc(-c2cc(C#CC3OC(CO)[C@@H](O)C(O)C3O)c3[nH]ncc3c2)c1. The van der Waals surface area contributed by atoms with Gasteiger partial charge in [-0.3, -0.25) is 5.10 Å². The van der Waals surface area contributed by atoms with Crippen molar-refractivity contribution in [2.24, 2.45) is 5.14 Å². The second kappa shape index (κ2) is 8.61. The Morgan fingerprint density at radius 1 is 1.09 bits per heavy atom. The summed E-state index contributed by atoms with van der Waals surface area (Å²) in [4.78, 5) is -0.0313. The third kappa shape index (κ3) is 4.25. The first-order valence-electron chi connectivity index (χ1n) is 9.61. The van der Waals surface area contributed by atoms with E-state index in [0.717, 1.165) is 0 Å². The fraction of sp³-hybridized carbons (Fsp3) is 0.286. The van der Waals surface area contributed by atoms with Crippen LogP contribution in [-0.2, 0) is 14.8 Å². The Labute approximate surface area is 183 Å². The number of primary sulfonamides is 1. The van der Waals surface area contributed by atoms with Crippen LogP contribution in [0.2, 0.25) is 0 Å². The summed E-state index contributed by atoms with van der Waals surface area (Å²) in [6.45, 7) is -0.552. The van der Waals surface area contributed by atoms with Crippen molar-refractivity contribution < 1.29 is 33.6 Å². The minimum atomic E-state index is -3.88. The van der Waals surface area contributed by atoms with Crippen molar-refractivity contribution in [3.8, 4) is 23.0 Å². The Hall–Kier alpha value is -2.82. The van der Waals surface area contributed by atoms with Crippen molar-refractivity contribution in [3.05, 3.63) is 48.2 Å². The molecule has 0 saturated carbocycles. The van der Waals surface area contributed by atoms with Crippen LogP contribution in [0.3, 0.4) is 0 Å². The number of aromatic nitrogens is 2. The minimum absolute atomic E-state index is 0.0313. The molecule has 32 heavy (non-hydrogen) atoms. The molecule has 0 bridgehead atoms. The molecule has 10 nitrogen and oxygen atoms in total. The van der Waals surface area contributed by atoms with Gasteiger partial charge in [0, 0.05) is 5.39 Å². The lowest BCUT2D eigenvalue weighted by Gasteiger charge is -2.37. The Kier molecular flexibility index (Phi) is 6.02. The molecule has 1 aliphatic rings. The van der Waals surface area contributed by atoms with Crippen LogP contribution in [0.25, 0.3) is 22.0 Å². The lowest BCUT2D eigenvalue weighted by Crippen LogP contribution is -2.58. The molecule has 5 atom stereocenters. The van der Waals surface area contributed by atoms with Crippen LogP contribution in [0.1, 0.15) is 5.56 Å². The first-order chi connectivity index (χ1) is 15.2. The van der Waals surface area contributed by atoms with E-state index in [0.29, 0.717) is 27.6 Å². The maximum atomic E-state index is 11.7. The highest BCUT2D eigenvalue weighted by Crippen LogP contribution is 2.28. The van der Waals surface area contributed by atoms with Gasteiger partial charge in [-0.1, -0.05) is 24.0 Å². The number of H-pyrrole nitrogens is 1. The molecule has 0 spiro atoms. The molecule has 7 N–H and O–H groups in total. The summed E-state index contributed by atoms with van der Waals surface area (Å²) in [6, 6.07) is 9.67. The molecule has 3 aromatic rings. The zero-order valence-corrected chi connectivity index (χ0v) is 17.4. The molecule has 1 aliphatic heterocycles. The average Bonchev–Trinajstić information content (AvgIpc) is 3.25. The van der Waals surface area contributed by atoms with E-state index >= 15 is 0 Å². The number of hydrogen-bond donors (Lipinski definition) is 6. The van der Waals surface area contributed by atoms with Gasteiger partial charge in [0.15, 0.2) is 0 Å². The fourth-order valence-corrected chi connectivity index (χ4v) is 4.10. The van der Waals surface area contributed by atoms with E-state index in [4.69, 9.17) is 9.88 Å². The Morgan fingerprint density at radius 3 is 2.59 bits per heavy atom. The zero-order chi connectivity index (χ0) is 23.0. The summed E-state index contributed by atoms with van der Waals surface area (Å²) >= 11 is 0. The zero-order valence-electron chi connectivity index (χ0n) is 16.6. The molecule has 2 aromatic carbocycles. The Bertz CT molecular complexity index is 1310. The summed E-state index contributed by atoms with van der Waals surface area (Å²) in [5.74, 6) is 5.62. The van der Waals surface area contributed by atoms with Gasteiger partial charge in [0.05, 0.1) is 28.8 Å². The molecular weight excluding hydrogens is 438 g/mol. The van der Waals surface area contributed by atoms with Gasteiger partial charge in [0.25, 0.3) is 0 Å². The van der Waals surface area contributed by atoms with Gasteiger partial charge in [-0.25, -0.2) is 13.6 Å². The number of aliphatic hydroxyl groups is 4. The lowest BCUT2D eigenvalue weighted by molar-refractivity contribution is -0.214. The van der Waals surface area contributed by atoms with Crippen molar-refractivity contribution >= 4 is 20.9 Å². The van der Waals surface area contributed by atoms with Crippen LogP contribution >= 0.6 is 0 Å². The average molecular weight is 459 g/mol. The molecule has 11 heteroatoms. The summed E-state index contributed by atoms with van der Waals surface area (Å²) < 4.78 is 28.8. The van der Waals surface area contributed by atoms with Crippen molar-refractivity contribution in [1.29, 1.82) is 0 Å². The van der Waals surface area contributed by atoms with Crippen molar-refractivity contribution in [3.63, 3.8) is 0 Å². The molecule has 1 fully saturated rings. The van der Waals surface area contributed by atoms with Gasteiger partial charge in [0.1, 0.15) is 30.5 Å². The highest BCUT2D eigenvalue weighted by atomic mass is 32.2. The maximum Gasteiger partial charge on any atom is 0.238 e. The number of hydrogen-bond acceptors (Lipinski definition) is 8. The molecule has 1 aromatic heterocycles. The number of nitrogens with one attached hydrogen (secondary N) is 1. The number of sulfonamides is 1. The number of benzene rings is 2. The van der Waals surface area contributed by atoms with Crippen molar-refractivity contribution in [2.45, 2.75) is 35.4 Å². The maximum absolute atomic E-state index is 11.7. The number of aliphatic hydroxyl groups excluding tert-OH is 4. The van der Waals surface area contributed by atoms with Gasteiger partial charge in [0.2, 0.25) is 10.0 Å². The molecule has 4 rings (SSSR count). The number of ether oxygens (including phenoxy) is 1. The highest BCUT2D eigenvalue weighted by Gasteiger charge is 2.42. The van der Waals surface area contributed by atoms with Crippen LogP contribution in [-0.4, -0.2) is 76.2 Å². The van der Waals surface area contributed by atoms with Gasteiger partial charge in [-0.05, 0) is 35.4 Å². The number of nitrogens with two attached hydrogens (primary N) is 1. The van der Waals surface area contributed by atoms with Gasteiger partial charge in [-0.15, -0.1) is 0 Å². The van der Waals surface area contributed by atoms with E-state index in [1.165, 1.54) is 12.1 Å². The van der Waals surface area contributed by atoms with Crippen LogP contribution < -0.4 is 5.14 Å². The summed E-state index contributed by atoms with van der Waals surface area (Å²) in [7, 11) is -3.88. The van der Waals surface area contributed by atoms with Crippen molar-refractivity contribution in [1.82, 2.24) is 10.2 Å². The highest BCUT2D eigenvalue weighted by molar-refractivity contribution is 7.89. The van der Waals surface area contributed by atoms with Gasteiger partial charge < -0.3 is 25.2 Å². The third-order valence-corrected chi connectivity index (χ3v) is 6.20. The standard InChI is InChI=1S/C21H21N3O7S/c22-32(29,30)15-3-1-2-11(8-15)13-6-12(18-14(7-13)9-23-24-18)4-5-16-19(26)21(28)20(27)17(10-25)31-16/h1-3,6-9,16-17,19-21,25-28H,10H2,(H,23,24)(H2,22,29,30)/t16?,17?,19?,20-,21?/m1/s1.